The van der Waals surface area contributed by atoms with Gasteiger partial charge in [-0.05, 0) is 19.4 Å². The van der Waals surface area contributed by atoms with Gasteiger partial charge in [0.05, 0.1) is 5.69 Å². The Labute approximate surface area is 131 Å². The Morgan fingerprint density at radius 2 is 1.95 bits per heavy atom. The lowest BCUT2D eigenvalue weighted by atomic mass is 10.2. The van der Waals surface area contributed by atoms with Crippen molar-refractivity contribution in [2.24, 2.45) is 0 Å². The lowest BCUT2D eigenvalue weighted by Gasteiger charge is -2.03. The Balaban J connectivity index is 1.71. The zero-order valence-corrected chi connectivity index (χ0v) is 13.6. The van der Waals surface area contributed by atoms with Crippen LogP contribution in [0.4, 0.5) is 0 Å². The van der Waals surface area contributed by atoms with E-state index >= 15 is 0 Å². The van der Waals surface area contributed by atoms with Crippen molar-refractivity contribution in [2.75, 3.05) is 0 Å². The van der Waals surface area contributed by atoms with Gasteiger partial charge in [0, 0.05) is 28.6 Å². The lowest BCUT2D eigenvalue weighted by Crippen LogP contribution is -2.14. The Kier molecular flexibility index (Phi) is 4.12. The highest BCUT2D eigenvalue weighted by molar-refractivity contribution is 7.97. The first kappa shape index (κ1) is 14.4. The molecule has 0 aliphatic rings. The van der Waals surface area contributed by atoms with Gasteiger partial charge in [0.2, 0.25) is 0 Å². The summed E-state index contributed by atoms with van der Waals surface area (Å²) < 4.78 is 1.67. The molecule has 1 aromatic carbocycles. The predicted molar refractivity (Wildman–Crippen MR) is 90.3 cm³/mol. The van der Waals surface area contributed by atoms with Crippen LogP contribution in [0.5, 0.6) is 0 Å². The molecule has 5 heteroatoms. The van der Waals surface area contributed by atoms with Crippen molar-refractivity contribution >= 4 is 28.1 Å². The van der Waals surface area contributed by atoms with E-state index in [0.29, 0.717) is 0 Å². The average molecular weight is 316 g/mol. The third-order valence-corrected chi connectivity index (χ3v) is 5.25. The van der Waals surface area contributed by atoms with Crippen LogP contribution in [0.15, 0.2) is 40.5 Å². The molecule has 3 rings (SSSR count). The van der Waals surface area contributed by atoms with Gasteiger partial charge in [-0.15, -0.1) is 11.3 Å². The van der Waals surface area contributed by atoms with Crippen molar-refractivity contribution in [2.45, 2.75) is 25.4 Å². The minimum atomic E-state index is 0.0182. The van der Waals surface area contributed by atoms with Crippen molar-refractivity contribution in [3.05, 3.63) is 68.6 Å². The van der Waals surface area contributed by atoms with E-state index in [4.69, 9.17) is 0 Å². The number of benzene rings is 1. The number of hydrogen-bond donors (Lipinski definition) is 0. The van der Waals surface area contributed by atoms with E-state index in [0.717, 1.165) is 27.9 Å². The molecule has 0 aliphatic carbocycles. The van der Waals surface area contributed by atoms with Gasteiger partial charge in [0.15, 0.2) is 4.96 Å². The number of thiazole rings is 1. The van der Waals surface area contributed by atoms with Crippen molar-refractivity contribution in [1.29, 1.82) is 0 Å². The molecule has 0 radical (unpaired) electrons. The third kappa shape index (κ3) is 3.19. The van der Waals surface area contributed by atoms with Crippen LogP contribution >= 0.6 is 23.1 Å². The number of hydrogen-bond acceptors (Lipinski definition) is 4. The van der Waals surface area contributed by atoms with Crippen LogP contribution in [0.3, 0.4) is 0 Å². The highest BCUT2D eigenvalue weighted by atomic mass is 32.2. The maximum atomic E-state index is 12.1. The Bertz CT molecular complexity index is 818. The summed E-state index contributed by atoms with van der Waals surface area (Å²) in [6.07, 6.45) is 0. The Morgan fingerprint density at radius 3 is 2.71 bits per heavy atom. The van der Waals surface area contributed by atoms with Gasteiger partial charge in [-0.1, -0.05) is 29.8 Å². The summed E-state index contributed by atoms with van der Waals surface area (Å²) in [5.74, 6) is 1.70. The number of nitrogens with zero attached hydrogens (tertiary/aromatic N) is 2. The summed E-state index contributed by atoms with van der Waals surface area (Å²) in [4.78, 5) is 17.4. The molecule has 0 saturated heterocycles. The minimum absolute atomic E-state index is 0.0182. The first-order valence-electron chi connectivity index (χ1n) is 6.73. The number of aromatic nitrogens is 2. The number of fused-ring (bicyclic) bond motifs is 1. The maximum Gasteiger partial charge on any atom is 0.258 e. The SMILES string of the molecule is Cc1ccc(CSCc2cc(=O)n3c(C)csc3n2)cc1. The molecular formula is C16H16N2OS2. The lowest BCUT2D eigenvalue weighted by molar-refractivity contribution is 0.997. The van der Waals surface area contributed by atoms with Crippen molar-refractivity contribution in [3.8, 4) is 0 Å². The van der Waals surface area contributed by atoms with Crippen LogP contribution in [0.25, 0.3) is 4.96 Å². The van der Waals surface area contributed by atoms with E-state index in [1.54, 1.807) is 22.2 Å². The van der Waals surface area contributed by atoms with E-state index in [1.807, 2.05) is 12.3 Å². The molecule has 0 saturated carbocycles. The fourth-order valence-electron chi connectivity index (χ4n) is 2.13. The standard InChI is InChI=1S/C16H16N2OS2/c1-11-3-5-13(6-4-11)9-20-10-14-7-15(19)18-12(2)8-21-16(18)17-14/h3-8H,9-10H2,1-2H3. The second-order valence-electron chi connectivity index (χ2n) is 5.06. The molecule has 0 atom stereocenters. The van der Waals surface area contributed by atoms with Crippen molar-refractivity contribution in [3.63, 3.8) is 0 Å². The molecule has 3 nitrogen and oxygen atoms in total. The first-order valence-corrected chi connectivity index (χ1v) is 8.77. The minimum Gasteiger partial charge on any atom is -0.269 e. The molecule has 0 amide bonds. The van der Waals surface area contributed by atoms with E-state index in [2.05, 4.69) is 36.2 Å². The van der Waals surface area contributed by atoms with Crippen LogP contribution in [0.2, 0.25) is 0 Å². The largest absolute Gasteiger partial charge is 0.269 e. The molecule has 108 valence electrons. The summed E-state index contributed by atoms with van der Waals surface area (Å²) in [5.41, 5.74) is 4.40. The number of aryl methyl sites for hydroxylation is 2. The van der Waals surface area contributed by atoms with Crippen LogP contribution in [0.1, 0.15) is 22.5 Å². The summed E-state index contributed by atoms with van der Waals surface area (Å²) in [6.45, 7) is 4.02. The molecular weight excluding hydrogens is 300 g/mol. The van der Waals surface area contributed by atoms with E-state index < -0.39 is 0 Å². The Hall–Kier alpha value is -1.59. The van der Waals surface area contributed by atoms with Crippen LogP contribution < -0.4 is 5.56 Å². The molecule has 21 heavy (non-hydrogen) atoms. The van der Waals surface area contributed by atoms with E-state index in [1.165, 1.54) is 22.5 Å². The van der Waals surface area contributed by atoms with Crippen molar-refractivity contribution < 1.29 is 0 Å². The summed E-state index contributed by atoms with van der Waals surface area (Å²) in [7, 11) is 0. The topological polar surface area (TPSA) is 34.4 Å². The monoisotopic (exact) mass is 316 g/mol. The number of rotatable bonds is 4. The van der Waals surface area contributed by atoms with Gasteiger partial charge in [-0.25, -0.2) is 4.98 Å². The summed E-state index contributed by atoms with van der Waals surface area (Å²) >= 11 is 3.30. The van der Waals surface area contributed by atoms with Crippen LogP contribution in [-0.4, -0.2) is 9.38 Å². The summed E-state index contributed by atoms with van der Waals surface area (Å²) in [5, 5.41) is 1.97. The molecule has 0 fully saturated rings. The highest BCUT2D eigenvalue weighted by Gasteiger charge is 2.06. The Morgan fingerprint density at radius 1 is 1.19 bits per heavy atom. The molecule has 2 aromatic heterocycles. The zero-order valence-electron chi connectivity index (χ0n) is 12.0. The average Bonchev–Trinajstić information content (AvgIpc) is 2.83. The molecule has 2 heterocycles. The second kappa shape index (κ2) is 6.03. The van der Waals surface area contributed by atoms with E-state index in [-0.39, 0.29) is 5.56 Å². The smallest absolute Gasteiger partial charge is 0.258 e. The fourth-order valence-corrected chi connectivity index (χ4v) is 3.91. The van der Waals surface area contributed by atoms with Gasteiger partial charge in [-0.3, -0.25) is 9.20 Å². The van der Waals surface area contributed by atoms with Gasteiger partial charge < -0.3 is 0 Å². The van der Waals surface area contributed by atoms with Gasteiger partial charge in [0.1, 0.15) is 0 Å². The van der Waals surface area contributed by atoms with Gasteiger partial charge >= 0.3 is 0 Å². The first-order chi connectivity index (χ1) is 10.1. The predicted octanol–water partition coefficient (Wildman–Crippen LogP) is 3.81. The fraction of sp³-hybridized carbons (Fsp3) is 0.250. The van der Waals surface area contributed by atoms with Crippen LogP contribution in [-0.2, 0) is 11.5 Å². The zero-order chi connectivity index (χ0) is 14.8. The number of thioether (sulfide) groups is 1. The van der Waals surface area contributed by atoms with Crippen LogP contribution in [0, 0.1) is 13.8 Å². The van der Waals surface area contributed by atoms with Gasteiger partial charge in [-0.2, -0.15) is 11.8 Å². The molecule has 0 spiro atoms. The molecule has 0 N–H and O–H groups in total. The second-order valence-corrected chi connectivity index (χ2v) is 6.88. The molecule has 3 aromatic rings. The molecule has 0 bridgehead atoms. The molecule has 0 aliphatic heterocycles. The van der Waals surface area contributed by atoms with Crippen molar-refractivity contribution in [1.82, 2.24) is 9.38 Å². The normalized spacial score (nSPS) is 11.1. The van der Waals surface area contributed by atoms with E-state index in [9.17, 15) is 4.79 Å². The maximum absolute atomic E-state index is 12.1. The highest BCUT2D eigenvalue weighted by Crippen LogP contribution is 2.18. The third-order valence-electron chi connectivity index (χ3n) is 3.27. The summed E-state index contributed by atoms with van der Waals surface area (Å²) in [6, 6.07) is 10.2. The quantitative estimate of drug-likeness (QED) is 0.734. The van der Waals surface area contributed by atoms with Gasteiger partial charge in [0.25, 0.3) is 5.56 Å². The molecule has 0 unspecified atom stereocenters.